The van der Waals surface area contributed by atoms with E-state index in [1.54, 1.807) is 37.3 Å². The first-order valence-electron chi connectivity index (χ1n) is 13.4. The summed E-state index contributed by atoms with van der Waals surface area (Å²) >= 11 is 0. The number of nitrogens with zero attached hydrogens (tertiary/aromatic N) is 3. The van der Waals surface area contributed by atoms with Gasteiger partial charge in [-0.25, -0.2) is 4.79 Å². The maximum atomic E-state index is 14.3. The largest absolute Gasteiger partial charge is 0.497 e. The van der Waals surface area contributed by atoms with Gasteiger partial charge in [0.15, 0.2) is 0 Å². The summed E-state index contributed by atoms with van der Waals surface area (Å²) in [6.45, 7) is 2.00. The van der Waals surface area contributed by atoms with E-state index in [0.29, 0.717) is 17.2 Å². The minimum Gasteiger partial charge on any atom is -0.497 e. The molecule has 1 saturated carbocycles. The molecule has 204 valence electrons. The number of para-hydroxylation sites is 2. The number of ether oxygens (including phenoxy) is 2. The minimum atomic E-state index is -0.329. The van der Waals surface area contributed by atoms with Crippen LogP contribution in [0.25, 0.3) is 5.69 Å². The molecule has 0 radical (unpaired) electrons. The molecule has 6 rings (SSSR count). The summed E-state index contributed by atoms with van der Waals surface area (Å²) in [7, 11) is 3.12. The second kappa shape index (κ2) is 10.4. The zero-order chi connectivity index (χ0) is 27.8. The van der Waals surface area contributed by atoms with E-state index in [0.717, 1.165) is 41.0 Å². The van der Waals surface area contributed by atoms with Gasteiger partial charge in [0.25, 0.3) is 0 Å². The van der Waals surface area contributed by atoms with Crippen molar-refractivity contribution in [3.05, 3.63) is 102 Å². The lowest BCUT2D eigenvalue weighted by Crippen LogP contribution is -2.48. The highest BCUT2D eigenvalue weighted by Crippen LogP contribution is 2.42. The molecule has 0 bridgehead atoms. The van der Waals surface area contributed by atoms with Crippen LogP contribution in [0.5, 0.6) is 11.5 Å². The molecule has 1 fully saturated rings. The van der Waals surface area contributed by atoms with Gasteiger partial charge in [-0.05, 0) is 49.6 Å². The molecule has 8 heteroatoms. The molecule has 1 atom stereocenters. The van der Waals surface area contributed by atoms with Gasteiger partial charge in [-0.1, -0.05) is 42.0 Å². The number of aryl methyl sites for hydroxylation is 1. The maximum Gasteiger partial charge on any atom is 0.322 e. The van der Waals surface area contributed by atoms with Gasteiger partial charge in [0, 0.05) is 36.1 Å². The van der Waals surface area contributed by atoms with Crippen molar-refractivity contribution < 1.29 is 19.1 Å². The summed E-state index contributed by atoms with van der Waals surface area (Å²) in [6, 6.07) is 24.8. The van der Waals surface area contributed by atoms with Gasteiger partial charge in [0.2, 0.25) is 5.91 Å². The summed E-state index contributed by atoms with van der Waals surface area (Å²) in [5, 5.41) is 2.95. The van der Waals surface area contributed by atoms with Crippen LogP contribution in [0.15, 0.2) is 85.1 Å². The average Bonchev–Trinajstić information content (AvgIpc) is 3.70. The third kappa shape index (κ3) is 4.77. The van der Waals surface area contributed by atoms with E-state index in [1.165, 1.54) is 0 Å². The Labute approximate surface area is 233 Å². The number of carbonyl (C=O) groups excluding carboxylic acids is 2. The Hall–Kier alpha value is -4.72. The summed E-state index contributed by atoms with van der Waals surface area (Å²) in [5.41, 5.74) is 5.46. The lowest BCUT2D eigenvalue weighted by Gasteiger charge is -2.39. The first-order chi connectivity index (χ1) is 19.5. The van der Waals surface area contributed by atoms with Crippen molar-refractivity contribution in [3.63, 3.8) is 0 Å². The molecular weight excluding hydrogens is 504 g/mol. The molecule has 0 saturated heterocycles. The van der Waals surface area contributed by atoms with Crippen molar-refractivity contribution in [3.8, 4) is 17.2 Å². The topological polar surface area (TPSA) is 76.0 Å². The summed E-state index contributed by atoms with van der Waals surface area (Å²) < 4.78 is 12.8. The molecule has 1 N–H and O–H groups in total. The molecule has 2 heterocycles. The van der Waals surface area contributed by atoms with Crippen LogP contribution in [0.3, 0.4) is 0 Å². The standard InChI is InChI=1S/C32H32N4O4/c1-21-10-12-22(13-11-21)31-29-9-6-16-34(29)27-7-4-5-8-28(27)36(31)30(37)20-35(24-14-15-24)32(38)33-23-17-25(39-2)19-26(18-23)40-3/h4-13,16-19,24,31H,14-15,20H2,1-3H3,(H,33,38). The van der Waals surface area contributed by atoms with E-state index in [9.17, 15) is 9.59 Å². The van der Waals surface area contributed by atoms with Crippen LogP contribution in [-0.2, 0) is 4.79 Å². The number of nitrogens with one attached hydrogen (secondary N) is 1. The number of rotatable bonds is 7. The Morgan fingerprint density at radius 1 is 0.900 bits per heavy atom. The van der Waals surface area contributed by atoms with Crippen LogP contribution in [0.2, 0.25) is 0 Å². The molecule has 0 spiro atoms. The van der Waals surface area contributed by atoms with Gasteiger partial charge < -0.3 is 24.3 Å². The number of urea groups is 1. The average molecular weight is 537 g/mol. The van der Waals surface area contributed by atoms with E-state index in [1.807, 2.05) is 41.4 Å². The molecule has 1 aromatic heterocycles. The third-order valence-corrected chi connectivity index (χ3v) is 7.54. The van der Waals surface area contributed by atoms with Crippen LogP contribution >= 0.6 is 0 Å². The molecule has 40 heavy (non-hydrogen) atoms. The molecule has 3 aromatic carbocycles. The highest BCUT2D eigenvalue weighted by Gasteiger charge is 2.40. The summed E-state index contributed by atoms with van der Waals surface area (Å²) in [4.78, 5) is 31.4. The van der Waals surface area contributed by atoms with Crippen LogP contribution in [0.1, 0.15) is 35.7 Å². The molecule has 4 aromatic rings. The Morgan fingerprint density at radius 2 is 1.57 bits per heavy atom. The Balaban J connectivity index is 1.33. The monoisotopic (exact) mass is 536 g/mol. The lowest BCUT2D eigenvalue weighted by molar-refractivity contribution is -0.119. The molecular formula is C32H32N4O4. The molecule has 3 amide bonds. The molecule has 8 nitrogen and oxygen atoms in total. The molecule has 1 aliphatic carbocycles. The first kappa shape index (κ1) is 25.6. The fourth-order valence-corrected chi connectivity index (χ4v) is 5.38. The van der Waals surface area contributed by atoms with Gasteiger partial charge in [-0.2, -0.15) is 0 Å². The van der Waals surface area contributed by atoms with E-state index in [2.05, 4.69) is 47.1 Å². The van der Waals surface area contributed by atoms with Crippen molar-refractivity contribution in [1.82, 2.24) is 9.47 Å². The second-order valence-corrected chi connectivity index (χ2v) is 10.3. The smallest absolute Gasteiger partial charge is 0.322 e. The number of hydrogen-bond acceptors (Lipinski definition) is 4. The highest BCUT2D eigenvalue weighted by atomic mass is 16.5. The maximum absolute atomic E-state index is 14.3. The van der Waals surface area contributed by atoms with Crippen molar-refractivity contribution in [1.29, 1.82) is 0 Å². The Kier molecular flexibility index (Phi) is 6.67. The molecule has 2 aliphatic rings. The van der Waals surface area contributed by atoms with Crippen molar-refractivity contribution in [2.45, 2.75) is 31.8 Å². The number of anilines is 2. The van der Waals surface area contributed by atoms with Gasteiger partial charge in [-0.15, -0.1) is 0 Å². The SMILES string of the molecule is COc1cc(NC(=O)N(CC(=O)N2c3ccccc3-n3cccc3C2c2ccc(C)cc2)C2CC2)cc(OC)c1. The normalized spacial score (nSPS) is 15.6. The fraction of sp³-hybridized carbons (Fsp3) is 0.250. The van der Waals surface area contributed by atoms with Gasteiger partial charge in [0.1, 0.15) is 24.1 Å². The summed E-state index contributed by atoms with van der Waals surface area (Å²) in [6.07, 6.45) is 3.76. The Morgan fingerprint density at radius 3 is 2.23 bits per heavy atom. The molecule has 1 aliphatic heterocycles. The van der Waals surface area contributed by atoms with E-state index >= 15 is 0 Å². The van der Waals surface area contributed by atoms with Crippen LogP contribution < -0.4 is 19.7 Å². The van der Waals surface area contributed by atoms with Crippen molar-refractivity contribution in [2.24, 2.45) is 0 Å². The zero-order valence-electron chi connectivity index (χ0n) is 22.8. The number of hydrogen-bond donors (Lipinski definition) is 1. The number of fused-ring (bicyclic) bond motifs is 3. The summed E-state index contributed by atoms with van der Waals surface area (Å²) in [5.74, 6) is 0.992. The van der Waals surface area contributed by atoms with Crippen LogP contribution in [0, 0.1) is 6.92 Å². The van der Waals surface area contributed by atoms with Gasteiger partial charge >= 0.3 is 6.03 Å². The Bertz CT molecular complexity index is 1540. The number of methoxy groups -OCH3 is 2. The number of benzene rings is 3. The highest BCUT2D eigenvalue weighted by molar-refractivity contribution is 6.01. The predicted octanol–water partition coefficient (Wildman–Crippen LogP) is 5.94. The van der Waals surface area contributed by atoms with Gasteiger partial charge in [-0.3, -0.25) is 9.69 Å². The van der Waals surface area contributed by atoms with Crippen molar-refractivity contribution >= 4 is 23.3 Å². The fourth-order valence-electron chi connectivity index (χ4n) is 5.38. The zero-order valence-corrected chi connectivity index (χ0v) is 22.8. The lowest BCUT2D eigenvalue weighted by atomic mass is 9.97. The van der Waals surface area contributed by atoms with E-state index in [4.69, 9.17) is 9.47 Å². The quantitative estimate of drug-likeness (QED) is 0.317. The third-order valence-electron chi connectivity index (χ3n) is 7.54. The van der Waals surface area contributed by atoms with E-state index in [-0.39, 0.29) is 30.6 Å². The van der Waals surface area contributed by atoms with Crippen LogP contribution in [0.4, 0.5) is 16.2 Å². The van der Waals surface area contributed by atoms with Crippen LogP contribution in [-0.4, -0.2) is 48.2 Å². The van der Waals surface area contributed by atoms with Crippen molar-refractivity contribution in [2.75, 3.05) is 31.0 Å². The minimum absolute atomic E-state index is 0.0122. The number of carbonyl (C=O) groups is 2. The first-order valence-corrected chi connectivity index (χ1v) is 13.4. The van der Waals surface area contributed by atoms with E-state index < -0.39 is 0 Å². The molecule has 1 unspecified atom stereocenters. The number of aromatic nitrogens is 1. The van der Waals surface area contributed by atoms with Gasteiger partial charge in [0.05, 0.1) is 31.3 Å². The predicted molar refractivity (Wildman–Crippen MR) is 155 cm³/mol. The number of amides is 3. The second-order valence-electron chi connectivity index (χ2n) is 10.3.